The fourth-order valence-corrected chi connectivity index (χ4v) is 2.77. The molecule has 0 aromatic carbocycles. The highest BCUT2D eigenvalue weighted by atomic mass is 32.2. The Morgan fingerprint density at radius 2 is 2.50 bits per heavy atom. The standard InChI is InChI=1S/C11H14N2O2S/c14-10-6-12-4-3-9(10)11(15)13-8-2-1-5-16-7-8/h3-4,6,8,14H,1-2,5,7H2,(H,13,15). The van der Waals surface area contributed by atoms with Crippen LogP contribution in [0.1, 0.15) is 23.2 Å². The van der Waals surface area contributed by atoms with Crippen molar-refractivity contribution in [2.24, 2.45) is 0 Å². The third-order valence-electron chi connectivity index (χ3n) is 2.54. The van der Waals surface area contributed by atoms with Crippen molar-refractivity contribution >= 4 is 17.7 Å². The van der Waals surface area contributed by atoms with Crippen LogP contribution in [0.15, 0.2) is 18.5 Å². The van der Waals surface area contributed by atoms with Crippen molar-refractivity contribution in [3.05, 3.63) is 24.0 Å². The fourth-order valence-electron chi connectivity index (χ4n) is 1.70. The maximum Gasteiger partial charge on any atom is 0.255 e. The summed E-state index contributed by atoms with van der Waals surface area (Å²) < 4.78 is 0. The molecule has 2 N–H and O–H groups in total. The van der Waals surface area contributed by atoms with Crippen molar-refractivity contribution in [3.8, 4) is 5.75 Å². The molecule has 1 atom stereocenters. The van der Waals surface area contributed by atoms with E-state index in [0.29, 0.717) is 5.56 Å². The molecule has 2 rings (SSSR count). The summed E-state index contributed by atoms with van der Waals surface area (Å²) in [5.74, 6) is 1.85. The zero-order valence-electron chi connectivity index (χ0n) is 8.85. The Bertz CT molecular complexity index is 378. The summed E-state index contributed by atoms with van der Waals surface area (Å²) in [5.41, 5.74) is 0.297. The number of carbonyl (C=O) groups is 1. The van der Waals surface area contributed by atoms with Crippen LogP contribution in [0.4, 0.5) is 0 Å². The van der Waals surface area contributed by atoms with Gasteiger partial charge in [0.15, 0.2) is 0 Å². The smallest absolute Gasteiger partial charge is 0.255 e. The van der Waals surface area contributed by atoms with Gasteiger partial charge in [-0.05, 0) is 24.7 Å². The number of aromatic hydroxyl groups is 1. The Morgan fingerprint density at radius 1 is 1.62 bits per heavy atom. The van der Waals surface area contributed by atoms with Gasteiger partial charge in [-0.25, -0.2) is 0 Å². The van der Waals surface area contributed by atoms with Gasteiger partial charge in [-0.1, -0.05) is 0 Å². The number of carbonyl (C=O) groups excluding carboxylic acids is 1. The quantitative estimate of drug-likeness (QED) is 0.818. The number of nitrogens with zero attached hydrogens (tertiary/aromatic N) is 1. The molecule has 16 heavy (non-hydrogen) atoms. The molecule has 0 saturated carbocycles. The third kappa shape index (κ3) is 2.66. The number of amides is 1. The molecule has 0 spiro atoms. The van der Waals surface area contributed by atoms with Crippen molar-refractivity contribution in [2.45, 2.75) is 18.9 Å². The molecule has 2 heterocycles. The molecule has 1 aliphatic rings. The lowest BCUT2D eigenvalue weighted by Gasteiger charge is -2.22. The maximum absolute atomic E-state index is 11.8. The summed E-state index contributed by atoms with van der Waals surface area (Å²) in [6, 6.07) is 1.75. The summed E-state index contributed by atoms with van der Waals surface area (Å²) in [4.78, 5) is 15.6. The van der Waals surface area contributed by atoms with E-state index in [2.05, 4.69) is 10.3 Å². The second-order valence-electron chi connectivity index (χ2n) is 3.78. The van der Waals surface area contributed by atoms with E-state index in [9.17, 15) is 9.90 Å². The Kier molecular flexibility index (Phi) is 3.66. The average molecular weight is 238 g/mol. The van der Waals surface area contributed by atoms with Crippen molar-refractivity contribution < 1.29 is 9.90 Å². The minimum Gasteiger partial charge on any atom is -0.505 e. The first-order valence-corrected chi connectivity index (χ1v) is 6.44. The highest BCUT2D eigenvalue weighted by Gasteiger charge is 2.18. The van der Waals surface area contributed by atoms with Crippen LogP contribution in [-0.4, -0.2) is 33.5 Å². The van der Waals surface area contributed by atoms with Crippen LogP contribution >= 0.6 is 11.8 Å². The van der Waals surface area contributed by atoms with Crippen LogP contribution in [0.5, 0.6) is 5.75 Å². The normalized spacial score (nSPS) is 20.4. The van der Waals surface area contributed by atoms with E-state index in [1.807, 2.05) is 11.8 Å². The van der Waals surface area contributed by atoms with E-state index in [1.54, 1.807) is 0 Å². The van der Waals surface area contributed by atoms with E-state index in [4.69, 9.17) is 0 Å². The fraction of sp³-hybridized carbons (Fsp3) is 0.455. The maximum atomic E-state index is 11.8. The van der Waals surface area contributed by atoms with Gasteiger partial charge < -0.3 is 10.4 Å². The molecule has 1 aliphatic heterocycles. The first-order valence-electron chi connectivity index (χ1n) is 5.29. The lowest BCUT2D eigenvalue weighted by molar-refractivity contribution is 0.0936. The van der Waals surface area contributed by atoms with Crippen LogP contribution in [0.2, 0.25) is 0 Å². The van der Waals surface area contributed by atoms with Gasteiger partial charge in [-0.2, -0.15) is 11.8 Å². The first-order chi connectivity index (χ1) is 7.77. The van der Waals surface area contributed by atoms with Crippen LogP contribution in [0.3, 0.4) is 0 Å². The topological polar surface area (TPSA) is 62.2 Å². The van der Waals surface area contributed by atoms with Crippen molar-refractivity contribution in [1.82, 2.24) is 10.3 Å². The highest BCUT2D eigenvalue weighted by Crippen LogP contribution is 2.19. The number of aromatic nitrogens is 1. The Morgan fingerprint density at radius 3 is 3.19 bits per heavy atom. The van der Waals surface area contributed by atoms with Gasteiger partial charge in [-0.3, -0.25) is 9.78 Å². The zero-order chi connectivity index (χ0) is 11.4. The van der Waals surface area contributed by atoms with Crippen LogP contribution in [0, 0.1) is 0 Å². The van der Waals surface area contributed by atoms with Gasteiger partial charge in [0.1, 0.15) is 5.75 Å². The van der Waals surface area contributed by atoms with Crippen molar-refractivity contribution in [2.75, 3.05) is 11.5 Å². The van der Waals surface area contributed by atoms with E-state index in [0.717, 1.165) is 18.6 Å². The molecular weight excluding hydrogens is 224 g/mol. The number of thioether (sulfide) groups is 1. The Hall–Kier alpha value is -1.23. The van der Waals surface area contributed by atoms with Gasteiger partial charge in [0.05, 0.1) is 11.8 Å². The van der Waals surface area contributed by atoms with E-state index < -0.39 is 0 Å². The predicted molar refractivity (Wildman–Crippen MR) is 63.7 cm³/mol. The van der Waals surface area contributed by atoms with E-state index in [-0.39, 0.29) is 17.7 Å². The van der Waals surface area contributed by atoms with Gasteiger partial charge >= 0.3 is 0 Å². The second kappa shape index (κ2) is 5.21. The SMILES string of the molecule is O=C(NC1CCCSC1)c1ccncc1O. The Balaban J connectivity index is 2.00. The lowest BCUT2D eigenvalue weighted by Crippen LogP contribution is -2.38. The molecule has 86 valence electrons. The predicted octanol–water partition coefficient (Wildman–Crippen LogP) is 1.41. The zero-order valence-corrected chi connectivity index (χ0v) is 9.67. The molecule has 1 amide bonds. The largest absolute Gasteiger partial charge is 0.505 e. The van der Waals surface area contributed by atoms with Crippen LogP contribution in [0.25, 0.3) is 0 Å². The van der Waals surface area contributed by atoms with E-state index >= 15 is 0 Å². The monoisotopic (exact) mass is 238 g/mol. The number of hydrogen-bond acceptors (Lipinski definition) is 4. The number of rotatable bonds is 2. The second-order valence-corrected chi connectivity index (χ2v) is 4.93. The van der Waals surface area contributed by atoms with Gasteiger partial charge in [0, 0.05) is 18.0 Å². The summed E-state index contributed by atoms with van der Waals surface area (Å²) in [7, 11) is 0. The minimum absolute atomic E-state index is 0.0662. The molecule has 0 bridgehead atoms. The van der Waals surface area contributed by atoms with Gasteiger partial charge in [0.25, 0.3) is 5.91 Å². The Labute approximate surface area is 98.5 Å². The molecule has 0 radical (unpaired) electrons. The average Bonchev–Trinajstić information content (AvgIpc) is 2.31. The molecule has 1 unspecified atom stereocenters. The number of hydrogen-bond donors (Lipinski definition) is 2. The van der Waals surface area contributed by atoms with E-state index in [1.165, 1.54) is 24.2 Å². The molecule has 0 aliphatic carbocycles. The summed E-state index contributed by atoms with van der Waals surface area (Å²) in [5, 5.41) is 12.4. The summed E-state index contributed by atoms with van der Waals surface area (Å²) >= 11 is 1.85. The van der Waals surface area contributed by atoms with Crippen molar-refractivity contribution in [3.63, 3.8) is 0 Å². The minimum atomic E-state index is -0.215. The van der Waals surface area contributed by atoms with Gasteiger partial charge in [0.2, 0.25) is 0 Å². The summed E-state index contributed by atoms with van der Waals surface area (Å²) in [6.45, 7) is 0. The lowest BCUT2D eigenvalue weighted by atomic mass is 10.1. The number of nitrogens with one attached hydrogen (secondary N) is 1. The van der Waals surface area contributed by atoms with Crippen molar-refractivity contribution in [1.29, 1.82) is 0 Å². The third-order valence-corrected chi connectivity index (χ3v) is 3.76. The summed E-state index contributed by atoms with van der Waals surface area (Å²) in [6.07, 6.45) is 4.94. The number of pyridine rings is 1. The molecule has 5 heteroatoms. The van der Waals surface area contributed by atoms with Gasteiger partial charge in [-0.15, -0.1) is 0 Å². The first kappa shape index (κ1) is 11.3. The van der Waals surface area contributed by atoms with Crippen LogP contribution in [-0.2, 0) is 0 Å². The van der Waals surface area contributed by atoms with Crippen LogP contribution < -0.4 is 5.32 Å². The molecule has 1 aromatic rings. The molecule has 1 fully saturated rings. The molecule has 1 aromatic heterocycles. The highest BCUT2D eigenvalue weighted by molar-refractivity contribution is 7.99. The molecular formula is C11H14N2O2S. The molecule has 4 nitrogen and oxygen atoms in total. The molecule has 1 saturated heterocycles.